The van der Waals surface area contributed by atoms with Crippen molar-refractivity contribution in [3.05, 3.63) is 107 Å². The smallest absolute Gasteiger partial charge is 0.220 e. The van der Waals surface area contributed by atoms with Gasteiger partial charge in [0, 0.05) is 17.9 Å². The van der Waals surface area contributed by atoms with E-state index >= 15 is 0 Å². The maximum atomic E-state index is 13.2. The Morgan fingerprint density at radius 2 is 1.67 bits per heavy atom. The van der Waals surface area contributed by atoms with E-state index < -0.39 is 0 Å². The van der Waals surface area contributed by atoms with E-state index in [0.29, 0.717) is 24.4 Å². The molecule has 33 heavy (non-hydrogen) atoms. The number of hydrogen-bond acceptors (Lipinski definition) is 4. The highest BCUT2D eigenvalue weighted by molar-refractivity contribution is 7.98. The molecule has 168 valence electrons. The summed E-state index contributed by atoms with van der Waals surface area (Å²) in [5.41, 5.74) is 4.22. The number of amides is 1. The van der Waals surface area contributed by atoms with Crippen molar-refractivity contribution in [2.45, 2.75) is 37.2 Å². The van der Waals surface area contributed by atoms with Crippen LogP contribution in [0, 0.1) is 12.7 Å². The number of thioether (sulfide) groups is 1. The van der Waals surface area contributed by atoms with Crippen LogP contribution in [0.5, 0.6) is 0 Å². The first-order chi connectivity index (χ1) is 16.1. The fourth-order valence-corrected chi connectivity index (χ4v) is 4.29. The molecule has 0 aliphatic heterocycles. The second kappa shape index (κ2) is 10.9. The van der Waals surface area contributed by atoms with Crippen molar-refractivity contribution >= 4 is 17.7 Å². The van der Waals surface area contributed by atoms with Gasteiger partial charge < -0.3 is 5.32 Å². The minimum absolute atomic E-state index is 0.0298. The Morgan fingerprint density at radius 3 is 2.39 bits per heavy atom. The molecule has 0 aliphatic rings. The molecule has 0 atom stereocenters. The van der Waals surface area contributed by atoms with E-state index in [1.165, 1.54) is 23.9 Å². The van der Waals surface area contributed by atoms with E-state index in [1.54, 1.807) is 12.1 Å². The van der Waals surface area contributed by atoms with Crippen molar-refractivity contribution < 1.29 is 9.18 Å². The van der Waals surface area contributed by atoms with Crippen LogP contribution in [0.25, 0.3) is 5.69 Å². The second-order valence-corrected chi connectivity index (χ2v) is 8.69. The maximum absolute atomic E-state index is 13.2. The SMILES string of the molecule is Cc1ccc(-n2c(CNC(=O)CCc3ccccc3)nnc2SCc2ccc(F)cc2)cc1. The van der Waals surface area contributed by atoms with Gasteiger partial charge in [0.15, 0.2) is 11.0 Å². The van der Waals surface area contributed by atoms with Crippen LogP contribution in [0.15, 0.2) is 84.0 Å². The van der Waals surface area contributed by atoms with Crippen LogP contribution < -0.4 is 5.32 Å². The second-order valence-electron chi connectivity index (χ2n) is 7.75. The molecule has 0 bridgehead atoms. The van der Waals surface area contributed by atoms with E-state index in [2.05, 4.69) is 15.5 Å². The zero-order valence-corrected chi connectivity index (χ0v) is 19.2. The third-order valence-corrected chi connectivity index (χ3v) is 6.20. The number of hydrogen-bond donors (Lipinski definition) is 1. The van der Waals surface area contributed by atoms with Gasteiger partial charge in [-0.05, 0) is 48.7 Å². The van der Waals surface area contributed by atoms with Gasteiger partial charge in [0.05, 0.1) is 6.54 Å². The summed E-state index contributed by atoms with van der Waals surface area (Å²) in [5.74, 6) is 1.01. The number of aryl methyl sites for hydroxylation is 2. The fourth-order valence-electron chi connectivity index (χ4n) is 3.36. The number of aromatic nitrogens is 3. The molecule has 5 nitrogen and oxygen atoms in total. The molecule has 0 radical (unpaired) electrons. The average Bonchev–Trinajstić information content (AvgIpc) is 3.25. The van der Waals surface area contributed by atoms with Gasteiger partial charge >= 0.3 is 0 Å². The molecule has 0 saturated heterocycles. The Hall–Kier alpha value is -3.45. The Labute approximate surface area is 197 Å². The number of carbonyl (C=O) groups is 1. The summed E-state index contributed by atoms with van der Waals surface area (Å²) in [5, 5.41) is 12.4. The standard InChI is InChI=1S/C26H25FN4OS/c1-19-7-14-23(15-8-19)31-24(17-28-25(32)16-11-20-5-3-2-4-6-20)29-30-26(31)33-18-21-9-12-22(27)13-10-21/h2-10,12-15H,11,16-18H2,1H3,(H,28,32). The number of nitrogens with zero attached hydrogens (tertiary/aromatic N) is 3. The quantitative estimate of drug-likeness (QED) is 0.346. The lowest BCUT2D eigenvalue weighted by Gasteiger charge is -2.11. The van der Waals surface area contributed by atoms with Crippen molar-refractivity contribution in [3.8, 4) is 5.69 Å². The van der Waals surface area contributed by atoms with Gasteiger partial charge in [0.2, 0.25) is 5.91 Å². The van der Waals surface area contributed by atoms with E-state index in [1.807, 2.05) is 66.1 Å². The van der Waals surface area contributed by atoms with Gasteiger partial charge in [-0.1, -0.05) is 71.9 Å². The zero-order valence-electron chi connectivity index (χ0n) is 18.4. The van der Waals surface area contributed by atoms with Crippen LogP contribution in [0.4, 0.5) is 4.39 Å². The highest BCUT2D eigenvalue weighted by Crippen LogP contribution is 2.25. The largest absolute Gasteiger partial charge is 0.349 e. The number of nitrogens with one attached hydrogen (secondary N) is 1. The van der Waals surface area contributed by atoms with Gasteiger partial charge in [0.1, 0.15) is 5.82 Å². The van der Waals surface area contributed by atoms with Crippen molar-refractivity contribution in [3.63, 3.8) is 0 Å². The molecular weight excluding hydrogens is 435 g/mol. The van der Waals surface area contributed by atoms with Gasteiger partial charge in [0.25, 0.3) is 0 Å². The molecule has 1 N–H and O–H groups in total. The molecular formula is C26H25FN4OS. The minimum Gasteiger partial charge on any atom is -0.349 e. The molecule has 3 aromatic carbocycles. The Bertz CT molecular complexity index is 1190. The van der Waals surface area contributed by atoms with E-state index in [9.17, 15) is 9.18 Å². The third kappa shape index (κ3) is 6.29. The predicted molar refractivity (Wildman–Crippen MR) is 129 cm³/mol. The Balaban J connectivity index is 1.46. The van der Waals surface area contributed by atoms with Crippen LogP contribution in [0.3, 0.4) is 0 Å². The monoisotopic (exact) mass is 460 g/mol. The van der Waals surface area contributed by atoms with Crippen LogP contribution in [-0.2, 0) is 23.5 Å². The molecule has 4 aromatic rings. The fraction of sp³-hybridized carbons (Fsp3) is 0.192. The number of benzene rings is 3. The first-order valence-corrected chi connectivity index (χ1v) is 11.8. The van der Waals surface area contributed by atoms with Crippen LogP contribution in [-0.4, -0.2) is 20.7 Å². The molecule has 0 saturated carbocycles. The van der Waals surface area contributed by atoms with Crippen LogP contribution in [0.1, 0.15) is 28.9 Å². The van der Waals surface area contributed by atoms with Gasteiger partial charge in [-0.3, -0.25) is 9.36 Å². The van der Waals surface area contributed by atoms with E-state index in [4.69, 9.17) is 0 Å². The highest BCUT2D eigenvalue weighted by Gasteiger charge is 2.15. The molecule has 0 unspecified atom stereocenters. The molecule has 0 fully saturated rings. The highest BCUT2D eigenvalue weighted by atomic mass is 32.2. The summed E-state index contributed by atoms with van der Waals surface area (Å²) < 4.78 is 15.2. The number of halogens is 1. The molecule has 1 amide bonds. The lowest BCUT2D eigenvalue weighted by molar-refractivity contribution is -0.121. The van der Waals surface area contributed by atoms with E-state index in [0.717, 1.165) is 27.5 Å². The summed E-state index contributed by atoms with van der Waals surface area (Å²) in [6.45, 7) is 2.32. The first kappa shape index (κ1) is 22.7. The number of rotatable bonds is 9. The normalized spacial score (nSPS) is 10.8. The minimum atomic E-state index is -0.253. The van der Waals surface area contributed by atoms with Crippen molar-refractivity contribution in [1.29, 1.82) is 0 Å². The summed E-state index contributed by atoms with van der Waals surface area (Å²) in [6, 6.07) is 24.5. The number of carbonyl (C=O) groups excluding carboxylic acids is 1. The lowest BCUT2D eigenvalue weighted by atomic mass is 10.1. The van der Waals surface area contributed by atoms with Gasteiger partial charge in [-0.2, -0.15) is 0 Å². The lowest BCUT2D eigenvalue weighted by Crippen LogP contribution is -2.24. The van der Waals surface area contributed by atoms with Crippen LogP contribution in [0.2, 0.25) is 0 Å². The summed E-state index contributed by atoms with van der Waals surface area (Å²) in [4.78, 5) is 12.4. The zero-order chi connectivity index (χ0) is 23.0. The summed E-state index contributed by atoms with van der Waals surface area (Å²) in [7, 11) is 0. The molecule has 1 aromatic heterocycles. The topological polar surface area (TPSA) is 59.8 Å². The van der Waals surface area contributed by atoms with Crippen molar-refractivity contribution in [2.75, 3.05) is 0 Å². The van der Waals surface area contributed by atoms with Gasteiger partial charge in [-0.25, -0.2) is 4.39 Å². The third-order valence-electron chi connectivity index (χ3n) is 5.20. The summed E-state index contributed by atoms with van der Waals surface area (Å²) in [6.07, 6.45) is 1.10. The van der Waals surface area contributed by atoms with Gasteiger partial charge in [-0.15, -0.1) is 10.2 Å². The first-order valence-electron chi connectivity index (χ1n) is 10.8. The van der Waals surface area contributed by atoms with Crippen LogP contribution >= 0.6 is 11.8 Å². The average molecular weight is 461 g/mol. The Morgan fingerprint density at radius 1 is 0.939 bits per heavy atom. The van der Waals surface area contributed by atoms with E-state index in [-0.39, 0.29) is 18.3 Å². The molecule has 0 aliphatic carbocycles. The van der Waals surface area contributed by atoms with Crippen molar-refractivity contribution in [1.82, 2.24) is 20.1 Å². The molecule has 4 rings (SSSR count). The molecule has 0 spiro atoms. The predicted octanol–water partition coefficient (Wildman–Crippen LogP) is 5.26. The van der Waals surface area contributed by atoms with Crippen molar-refractivity contribution in [2.24, 2.45) is 0 Å². The molecule has 1 heterocycles. The Kier molecular flexibility index (Phi) is 7.52. The summed E-state index contributed by atoms with van der Waals surface area (Å²) >= 11 is 1.52. The maximum Gasteiger partial charge on any atom is 0.220 e. The molecule has 7 heteroatoms.